The van der Waals surface area contributed by atoms with Crippen LogP contribution in [0.5, 0.6) is 0 Å². The quantitative estimate of drug-likeness (QED) is 0.793. The molecule has 2 heterocycles. The van der Waals surface area contributed by atoms with E-state index in [4.69, 9.17) is 11.6 Å². The molecule has 0 saturated heterocycles. The number of H-pyrrole nitrogens is 1. The van der Waals surface area contributed by atoms with Gasteiger partial charge >= 0.3 is 0 Å². The smallest absolute Gasteiger partial charge is 0.256 e. The number of aromatic nitrogens is 2. The highest BCUT2D eigenvalue weighted by molar-refractivity contribution is 6.36. The number of hydrogen-bond acceptors (Lipinski definition) is 2. The molecule has 1 amide bonds. The molecule has 0 unspecified atom stereocenters. The highest BCUT2D eigenvalue weighted by atomic mass is 35.5. The summed E-state index contributed by atoms with van der Waals surface area (Å²) in [7, 11) is 0. The van der Waals surface area contributed by atoms with Crippen molar-refractivity contribution < 1.29 is 4.79 Å². The molecule has 4 rings (SSSR count). The third kappa shape index (κ3) is 2.16. The Morgan fingerprint density at radius 2 is 2.10 bits per heavy atom. The lowest BCUT2D eigenvalue weighted by molar-refractivity contribution is -0.110. The van der Waals surface area contributed by atoms with Crippen LogP contribution < -0.4 is 5.32 Å². The molecule has 2 aliphatic rings. The lowest BCUT2D eigenvalue weighted by Gasteiger charge is -2.07. The number of rotatable bonds is 1. The maximum atomic E-state index is 12.1. The normalized spacial score (nSPS) is 18.5. The van der Waals surface area contributed by atoms with Gasteiger partial charge in [-0.25, -0.2) is 4.98 Å². The number of amides is 1. The third-order valence-corrected chi connectivity index (χ3v) is 4.25. The minimum atomic E-state index is -0.110. The Kier molecular flexibility index (Phi) is 2.86. The van der Waals surface area contributed by atoms with Gasteiger partial charge in [-0.05, 0) is 50.0 Å². The van der Waals surface area contributed by atoms with Crippen LogP contribution in [0.4, 0.5) is 5.69 Å². The topological polar surface area (TPSA) is 57.8 Å². The molecule has 4 nitrogen and oxygen atoms in total. The zero-order valence-electron chi connectivity index (χ0n) is 11.4. The van der Waals surface area contributed by atoms with Crippen LogP contribution in [0.15, 0.2) is 18.2 Å². The summed E-state index contributed by atoms with van der Waals surface area (Å²) in [6.45, 7) is 0. The number of anilines is 1. The van der Waals surface area contributed by atoms with Gasteiger partial charge in [-0.3, -0.25) is 4.79 Å². The Morgan fingerprint density at radius 1 is 1.24 bits per heavy atom. The molecule has 1 aromatic carbocycles. The summed E-state index contributed by atoms with van der Waals surface area (Å²) in [5.41, 5.74) is 4.59. The summed E-state index contributed by atoms with van der Waals surface area (Å²) >= 11 is 6.03. The number of benzene rings is 1. The van der Waals surface area contributed by atoms with E-state index in [2.05, 4.69) is 15.3 Å². The zero-order chi connectivity index (χ0) is 14.4. The molecule has 2 aromatic rings. The van der Waals surface area contributed by atoms with Crippen LogP contribution in [0.3, 0.4) is 0 Å². The van der Waals surface area contributed by atoms with Crippen molar-refractivity contribution in [2.24, 2.45) is 0 Å². The minimum Gasteiger partial charge on any atom is -0.342 e. The van der Waals surface area contributed by atoms with Crippen molar-refractivity contribution in [3.63, 3.8) is 0 Å². The van der Waals surface area contributed by atoms with E-state index >= 15 is 0 Å². The van der Waals surface area contributed by atoms with Crippen LogP contribution in [0.1, 0.15) is 35.6 Å². The standard InChI is InChI=1S/C16H14ClN3O/c17-9-5-6-12-10(7-9)11(16(21)20-12)8-15-18-13-3-1-2-4-14(13)19-15/h5-8H,1-4H2,(H,18,19)(H,20,21). The molecule has 0 radical (unpaired) electrons. The number of fused-ring (bicyclic) bond motifs is 2. The summed E-state index contributed by atoms with van der Waals surface area (Å²) < 4.78 is 0. The van der Waals surface area contributed by atoms with Crippen molar-refractivity contribution >= 4 is 34.8 Å². The van der Waals surface area contributed by atoms with Crippen LogP contribution in [0.2, 0.25) is 5.02 Å². The molecule has 106 valence electrons. The Balaban J connectivity index is 1.78. The van der Waals surface area contributed by atoms with E-state index in [1.54, 1.807) is 6.07 Å². The summed E-state index contributed by atoms with van der Waals surface area (Å²) in [6.07, 6.45) is 6.26. The number of hydrogen-bond donors (Lipinski definition) is 2. The number of aryl methyl sites for hydroxylation is 2. The van der Waals surface area contributed by atoms with E-state index in [9.17, 15) is 4.79 Å². The number of imidazole rings is 1. The number of aromatic amines is 1. The molecule has 0 spiro atoms. The van der Waals surface area contributed by atoms with Gasteiger partial charge < -0.3 is 10.3 Å². The van der Waals surface area contributed by atoms with Crippen molar-refractivity contribution in [1.82, 2.24) is 9.97 Å². The van der Waals surface area contributed by atoms with Gasteiger partial charge in [-0.2, -0.15) is 0 Å². The first-order valence-corrected chi connectivity index (χ1v) is 7.49. The molecule has 0 bridgehead atoms. The number of nitrogens with one attached hydrogen (secondary N) is 2. The lowest BCUT2D eigenvalue weighted by atomic mass is 10.0. The number of halogens is 1. The Labute approximate surface area is 127 Å². The molecular weight excluding hydrogens is 286 g/mol. The van der Waals surface area contributed by atoms with E-state index in [0.717, 1.165) is 35.6 Å². The molecular formula is C16H14ClN3O. The van der Waals surface area contributed by atoms with Crippen molar-refractivity contribution in [1.29, 1.82) is 0 Å². The maximum Gasteiger partial charge on any atom is 0.256 e. The average molecular weight is 300 g/mol. The maximum absolute atomic E-state index is 12.1. The fourth-order valence-corrected chi connectivity index (χ4v) is 3.16. The minimum absolute atomic E-state index is 0.110. The summed E-state index contributed by atoms with van der Waals surface area (Å²) in [4.78, 5) is 20.1. The highest BCUT2D eigenvalue weighted by Gasteiger charge is 2.25. The van der Waals surface area contributed by atoms with E-state index < -0.39 is 0 Å². The van der Waals surface area contributed by atoms with Gasteiger partial charge in [0, 0.05) is 22.0 Å². The van der Waals surface area contributed by atoms with Crippen LogP contribution >= 0.6 is 11.6 Å². The van der Waals surface area contributed by atoms with E-state index in [-0.39, 0.29) is 5.91 Å². The van der Waals surface area contributed by atoms with Crippen molar-refractivity contribution in [2.75, 3.05) is 5.32 Å². The van der Waals surface area contributed by atoms with Crippen LogP contribution in [0.25, 0.3) is 11.6 Å². The fourth-order valence-electron chi connectivity index (χ4n) is 2.98. The third-order valence-electron chi connectivity index (χ3n) is 4.02. The Morgan fingerprint density at radius 3 is 2.95 bits per heavy atom. The summed E-state index contributed by atoms with van der Waals surface area (Å²) in [6, 6.07) is 5.41. The molecule has 5 heteroatoms. The van der Waals surface area contributed by atoms with Gasteiger partial charge in [-0.15, -0.1) is 0 Å². The highest BCUT2D eigenvalue weighted by Crippen LogP contribution is 2.34. The van der Waals surface area contributed by atoms with Gasteiger partial charge in [0.15, 0.2) is 0 Å². The van der Waals surface area contributed by atoms with E-state index in [0.29, 0.717) is 10.6 Å². The molecule has 0 fully saturated rings. The monoisotopic (exact) mass is 299 g/mol. The average Bonchev–Trinajstić information content (AvgIpc) is 3.01. The zero-order valence-corrected chi connectivity index (χ0v) is 12.1. The van der Waals surface area contributed by atoms with E-state index in [1.165, 1.54) is 18.5 Å². The van der Waals surface area contributed by atoms with Gasteiger partial charge in [0.2, 0.25) is 0 Å². The first-order valence-electron chi connectivity index (χ1n) is 7.11. The fraction of sp³-hybridized carbons (Fsp3) is 0.250. The second-order valence-corrected chi connectivity index (χ2v) is 5.89. The van der Waals surface area contributed by atoms with Gasteiger partial charge in [0.05, 0.1) is 11.3 Å². The molecule has 1 aliphatic heterocycles. The molecule has 0 saturated carbocycles. The van der Waals surface area contributed by atoms with E-state index in [1.807, 2.05) is 18.2 Å². The van der Waals surface area contributed by atoms with Gasteiger partial charge in [0.25, 0.3) is 5.91 Å². The molecule has 0 atom stereocenters. The predicted molar refractivity (Wildman–Crippen MR) is 83.2 cm³/mol. The predicted octanol–water partition coefficient (Wildman–Crippen LogP) is 3.43. The largest absolute Gasteiger partial charge is 0.342 e. The second-order valence-electron chi connectivity index (χ2n) is 5.46. The van der Waals surface area contributed by atoms with Crippen LogP contribution in [0, 0.1) is 0 Å². The molecule has 1 aromatic heterocycles. The summed E-state index contributed by atoms with van der Waals surface area (Å²) in [5, 5.41) is 3.47. The van der Waals surface area contributed by atoms with Crippen molar-refractivity contribution in [2.45, 2.75) is 25.7 Å². The van der Waals surface area contributed by atoms with Crippen molar-refractivity contribution in [3.8, 4) is 0 Å². The molecule has 1 aliphatic carbocycles. The Bertz CT molecular complexity index is 752. The first kappa shape index (κ1) is 12.7. The first-order chi connectivity index (χ1) is 10.2. The number of carbonyl (C=O) groups is 1. The number of carbonyl (C=O) groups excluding carboxylic acids is 1. The lowest BCUT2D eigenvalue weighted by Crippen LogP contribution is -2.03. The molecule has 2 N–H and O–H groups in total. The van der Waals surface area contributed by atoms with Gasteiger partial charge in [-0.1, -0.05) is 11.6 Å². The molecule has 21 heavy (non-hydrogen) atoms. The van der Waals surface area contributed by atoms with Crippen LogP contribution in [-0.2, 0) is 17.6 Å². The Hall–Kier alpha value is -2.07. The second kappa shape index (κ2) is 4.74. The van der Waals surface area contributed by atoms with Gasteiger partial charge in [0.1, 0.15) is 5.82 Å². The summed E-state index contributed by atoms with van der Waals surface area (Å²) in [5.74, 6) is 0.640. The SMILES string of the molecule is O=C1Nc2ccc(Cl)cc2C1=Cc1nc2c([nH]1)CCCC2. The van der Waals surface area contributed by atoms with Crippen molar-refractivity contribution in [3.05, 3.63) is 46.0 Å². The van der Waals surface area contributed by atoms with Crippen LogP contribution in [-0.4, -0.2) is 15.9 Å². The number of nitrogens with zero attached hydrogens (tertiary/aromatic N) is 1.